The third-order valence-electron chi connectivity index (χ3n) is 1.08. The third kappa shape index (κ3) is 4.23. The van der Waals surface area contributed by atoms with Crippen molar-refractivity contribution in [3.05, 3.63) is 0 Å². The van der Waals surface area contributed by atoms with Gasteiger partial charge in [-0.1, -0.05) is 5.16 Å². The summed E-state index contributed by atoms with van der Waals surface area (Å²) in [7, 11) is 0. The van der Waals surface area contributed by atoms with Gasteiger partial charge in [0.2, 0.25) is 11.5 Å². The molecule has 0 bridgehead atoms. The lowest BCUT2D eigenvalue weighted by atomic mass is 10.2. The van der Waals surface area contributed by atoms with E-state index in [-0.39, 0.29) is 0 Å². The van der Waals surface area contributed by atoms with Crippen LogP contribution in [0.25, 0.3) is 0 Å². The number of esters is 1. The minimum atomic E-state index is -0.981. The van der Waals surface area contributed by atoms with Gasteiger partial charge in [-0.05, 0) is 20.8 Å². The van der Waals surface area contributed by atoms with Crippen molar-refractivity contribution in [3.8, 4) is 0 Å². The molecule has 80 valence electrons. The second kappa shape index (κ2) is 4.95. The minimum Gasteiger partial charge on any atom is -0.455 e. The van der Waals surface area contributed by atoms with Gasteiger partial charge in [0.1, 0.15) is 5.60 Å². The molecule has 0 rings (SSSR count). The molecule has 0 spiro atoms. The largest absolute Gasteiger partial charge is 0.455 e. The SMILES string of the molecule is CC(C)(C)OC(=O)/C(=N/O)C(=O)CCl. The van der Waals surface area contributed by atoms with E-state index in [1.807, 2.05) is 0 Å². The fourth-order valence-corrected chi connectivity index (χ4v) is 0.727. The Bertz CT molecular complexity index is 267. The topological polar surface area (TPSA) is 76.0 Å². The quantitative estimate of drug-likeness (QED) is 0.192. The highest BCUT2D eigenvalue weighted by molar-refractivity contribution is 6.67. The van der Waals surface area contributed by atoms with Gasteiger partial charge in [-0.3, -0.25) is 4.79 Å². The molecule has 5 nitrogen and oxygen atoms in total. The fraction of sp³-hybridized carbons (Fsp3) is 0.625. The lowest BCUT2D eigenvalue weighted by Gasteiger charge is -2.18. The number of rotatable bonds is 3. The zero-order chi connectivity index (χ0) is 11.4. The van der Waals surface area contributed by atoms with Crippen LogP contribution in [0.15, 0.2) is 5.16 Å². The Hall–Kier alpha value is -1.10. The molecule has 0 heterocycles. The number of ether oxygens (including phenoxy) is 1. The van der Waals surface area contributed by atoms with Gasteiger partial charge in [0.05, 0.1) is 5.88 Å². The molecule has 6 heteroatoms. The van der Waals surface area contributed by atoms with E-state index in [4.69, 9.17) is 21.5 Å². The van der Waals surface area contributed by atoms with Crippen molar-refractivity contribution >= 4 is 29.1 Å². The summed E-state index contributed by atoms with van der Waals surface area (Å²) in [5, 5.41) is 11.0. The zero-order valence-corrected chi connectivity index (χ0v) is 8.96. The average Bonchev–Trinajstić information content (AvgIpc) is 2.01. The maximum Gasteiger partial charge on any atom is 0.364 e. The van der Waals surface area contributed by atoms with Gasteiger partial charge >= 0.3 is 5.97 Å². The first kappa shape index (κ1) is 12.9. The smallest absolute Gasteiger partial charge is 0.364 e. The van der Waals surface area contributed by atoms with Crippen molar-refractivity contribution in [1.82, 2.24) is 0 Å². The molecular formula is C8H12ClNO4. The van der Waals surface area contributed by atoms with Crippen LogP contribution in [0.2, 0.25) is 0 Å². The Labute approximate surface area is 86.7 Å². The number of hydrogen-bond donors (Lipinski definition) is 1. The molecule has 0 saturated carbocycles. The van der Waals surface area contributed by atoms with Crippen LogP contribution in [0.1, 0.15) is 20.8 Å². The number of carbonyl (C=O) groups excluding carboxylic acids is 2. The summed E-state index contributed by atoms with van der Waals surface area (Å²) in [6.07, 6.45) is 0. The van der Waals surface area contributed by atoms with E-state index in [0.29, 0.717) is 0 Å². The van der Waals surface area contributed by atoms with Gasteiger partial charge < -0.3 is 9.94 Å². The molecule has 0 amide bonds. The number of ketones is 1. The van der Waals surface area contributed by atoms with Gasteiger partial charge in [0, 0.05) is 0 Å². The summed E-state index contributed by atoms with van der Waals surface area (Å²) >= 11 is 5.19. The summed E-state index contributed by atoms with van der Waals surface area (Å²) in [6, 6.07) is 0. The molecule has 0 fully saturated rings. The Morgan fingerprint density at radius 1 is 1.43 bits per heavy atom. The second-order valence-corrected chi connectivity index (χ2v) is 3.77. The highest BCUT2D eigenvalue weighted by Gasteiger charge is 2.26. The van der Waals surface area contributed by atoms with E-state index in [1.165, 1.54) is 0 Å². The van der Waals surface area contributed by atoms with Crippen molar-refractivity contribution in [1.29, 1.82) is 0 Å². The van der Waals surface area contributed by atoms with Gasteiger partial charge in [-0.2, -0.15) is 0 Å². The molecule has 0 aliphatic rings. The van der Waals surface area contributed by atoms with Gasteiger partial charge in [-0.15, -0.1) is 11.6 Å². The van der Waals surface area contributed by atoms with Crippen molar-refractivity contribution < 1.29 is 19.5 Å². The molecular weight excluding hydrogens is 210 g/mol. The number of halogens is 1. The monoisotopic (exact) mass is 221 g/mol. The van der Waals surface area contributed by atoms with Crippen molar-refractivity contribution in [2.24, 2.45) is 5.16 Å². The summed E-state index contributed by atoms with van der Waals surface area (Å²) < 4.78 is 4.80. The average molecular weight is 222 g/mol. The van der Waals surface area contributed by atoms with Crippen LogP contribution in [0.4, 0.5) is 0 Å². The zero-order valence-electron chi connectivity index (χ0n) is 8.20. The summed E-state index contributed by atoms with van der Waals surface area (Å²) in [5.74, 6) is -2.19. The molecule has 1 N–H and O–H groups in total. The van der Waals surface area contributed by atoms with Crippen LogP contribution < -0.4 is 0 Å². The first-order valence-electron chi connectivity index (χ1n) is 3.86. The first-order valence-corrected chi connectivity index (χ1v) is 4.40. The second-order valence-electron chi connectivity index (χ2n) is 3.51. The maximum absolute atomic E-state index is 11.2. The molecule has 0 aliphatic heterocycles. The first-order chi connectivity index (χ1) is 6.31. The Morgan fingerprint density at radius 2 is 1.93 bits per heavy atom. The van der Waals surface area contributed by atoms with Crippen LogP contribution in [-0.2, 0) is 14.3 Å². The van der Waals surface area contributed by atoms with Gasteiger partial charge in [0.15, 0.2) is 0 Å². The van der Waals surface area contributed by atoms with E-state index < -0.39 is 28.9 Å². The van der Waals surface area contributed by atoms with Crippen molar-refractivity contribution in [2.45, 2.75) is 26.4 Å². The number of alkyl halides is 1. The van der Waals surface area contributed by atoms with Crippen LogP contribution in [0, 0.1) is 0 Å². The van der Waals surface area contributed by atoms with E-state index in [2.05, 4.69) is 5.16 Å². The summed E-state index contributed by atoms with van der Waals surface area (Å²) in [6.45, 7) is 4.89. The molecule has 0 aromatic carbocycles. The van der Waals surface area contributed by atoms with E-state index in [1.54, 1.807) is 20.8 Å². The number of Topliss-reactive ketones (excluding diaryl/α,β-unsaturated/α-hetero) is 1. The lowest BCUT2D eigenvalue weighted by molar-refractivity contribution is -0.146. The summed E-state index contributed by atoms with van der Waals surface area (Å²) in [4.78, 5) is 22.1. The third-order valence-corrected chi connectivity index (χ3v) is 1.32. The van der Waals surface area contributed by atoms with Crippen LogP contribution in [-0.4, -0.2) is 34.2 Å². The molecule has 0 aliphatic carbocycles. The number of oxime groups is 1. The molecule has 0 aromatic heterocycles. The predicted molar refractivity (Wildman–Crippen MR) is 50.8 cm³/mol. The van der Waals surface area contributed by atoms with Crippen LogP contribution in [0.5, 0.6) is 0 Å². The molecule has 0 aromatic rings. The van der Waals surface area contributed by atoms with Crippen LogP contribution >= 0.6 is 11.6 Å². The molecule has 0 unspecified atom stereocenters. The molecule has 0 atom stereocenters. The van der Waals surface area contributed by atoms with Gasteiger partial charge in [0.25, 0.3) is 0 Å². The van der Waals surface area contributed by atoms with Gasteiger partial charge in [-0.25, -0.2) is 4.79 Å². The molecule has 0 saturated heterocycles. The Morgan fingerprint density at radius 3 is 2.21 bits per heavy atom. The highest BCUT2D eigenvalue weighted by atomic mass is 35.5. The fourth-order valence-electron chi connectivity index (χ4n) is 0.600. The standard InChI is InChI=1S/C8H12ClNO4/c1-8(2,3)14-7(12)6(10-13)5(11)4-9/h13H,4H2,1-3H3/b10-6+. The van der Waals surface area contributed by atoms with Crippen molar-refractivity contribution in [3.63, 3.8) is 0 Å². The van der Waals surface area contributed by atoms with Crippen LogP contribution in [0.3, 0.4) is 0 Å². The minimum absolute atomic E-state index is 0.432. The highest BCUT2D eigenvalue weighted by Crippen LogP contribution is 2.07. The molecule has 0 radical (unpaired) electrons. The maximum atomic E-state index is 11.2. The predicted octanol–water partition coefficient (Wildman–Crippen LogP) is 0.966. The normalized spacial score (nSPS) is 12.4. The Balaban J connectivity index is 4.59. The number of nitrogens with zero attached hydrogens (tertiary/aromatic N) is 1. The van der Waals surface area contributed by atoms with E-state index in [9.17, 15) is 9.59 Å². The lowest BCUT2D eigenvalue weighted by Crippen LogP contribution is -2.33. The summed E-state index contributed by atoms with van der Waals surface area (Å²) in [5.41, 5.74) is -1.44. The van der Waals surface area contributed by atoms with E-state index in [0.717, 1.165) is 0 Å². The van der Waals surface area contributed by atoms with E-state index >= 15 is 0 Å². The Kier molecular flexibility index (Phi) is 4.56. The van der Waals surface area contributed by atoms with Crippen molar-refractivity contribution in [2.75, 3.05) is 5.88 Å². The number of hydrogen-bond acceptors (Lipinski definition) is 5. The number of carbonyl (C=O) groups is 2. The molecule has 14 heavy (non-hydrogen) atoms.